The van der Waals surface area contributed by atoms with Crippen molar-refractivity contribution in [3.63, 3.8) is 0 Å². The Bertz CT molecular complexity index is 478. The highest BCUT2D eigenvalue weighted by atomic mass is 16.3. The molecule has 0 unspecified atom stereocenters. The van der Waals surface area contributed by atoms with Crippen molar-refractivity contribution in [1.29, 1.82) is 0 Å². The van der Waals surface area contributed by atoms with Gasteiger partial charge in [0, 0.05) is 18.7 Å². The molecule has 2 rings (SSSR count). The second-order valence-corrected chi connectivity index (χ2v) is 3.14. The molecule has 0 amide bonds. The number of aromatic nitrogens is 2. The standard InChI is InChI=1S/C10H12N4O/c1-6-7(3-4-15-6)8-5-9(11)14-10(12-2)13-8/h3-5H,1-2H3,(H3,11,12,13,14). The van der Waals surface area contributed by atoms with E-state index in [1.165, 1.54) is 0 Å². The molecule has 0 aliphatic heterocycles. The lowest BCUT2D eigenvalue weighted by molar-refractivity contribution is 0.535. The summed E-state index contributed by atoms with van der Waals surface area (Å²) in [5.74, 6) is 1.76. The largest absolute Gasteiger partial charge is 0.469 e. The summed E-state index contributed by atoms with van der Waals surface area (Å²) < 4.78 is 5.21. The van der Waals surface area contributed by atoms with Crippen LogP contribution in [0, 0.1) is 6.92 Å². The Morgan fingerprint density at radius 1 is 1.40 bits per heavy atom. The smallest absolute Gasteiger partial charge is 0.224 e. The van der Waals surface area contributed by atoms with Crippen molar-refractivity contribution in [3.05, 3.63) is 24.2 Å². The molecule has 15 heavy (non-hydrogen) atoms. The summed E-state index contributed by atoms with van der Waals surface area (Å²) in [6, 6.07) is 3.58. The van der Waals surface area contributed by atoms with Gasteiger partial charge in [0.1, 0.15) is 11.6 Å². The van der Waals surface area contributed by atoms with Crippen LogP contribution in [0.1, 0.15) is 5.76 Å². The van der Waals surface area contributed by atoms with Crippen molar-refractivity contribution in [3.8, 4) is 11.3 Å². The molecule has 0 saturated carbocycles. The van der Waals surface area contributed by atoms with E-state index in [-0.39, 0.29) is 0 Å². The van der Waals surface area contributed by atoms with Gasteiger partial charge in [-0.1, -0.05) is 0 Å². The highest BCUT2D eigenvalue weighted by Crippen LogP contribution is 2.24. The van der Waals surface area contributed by atoms with Crippen molar-refractivity contribution in [1.82, 2.24) is 9.97 Å². The summed E-state index contributed by atoms with van der Waals surface area (Å²) >= 11 is 0. The van der Waals surface area contributed by atoms with Crippen LogP contribution in [0.4, 0.5) is 11.8 Å². The maximum absolute atomic E-state index is 5.67. The molecule has 78 valence electrons. The van der Waals surface area contributed by atoms with E-state index in [1.54, 1.807) is 19.4 Å². The van der Waals surface area contributed by atoms with Gasteiger partial charge in [-0.15, -0.1) is 0 Å². The fourth-order valence-corrected chi connectivity index (χ4v) is 1.37. The van der Waals surface area contributed by atoms with Gasteiger partial charge >= 0.3 is 0 Å². The average molecular weight is 204 g/mol. The van der Waals surface area contributed by atoms with Crippen LogP contribution < -0.4 is 11.1 Å². The Labute approximate surface area is 87.3 Å². The first kappa shape index (κ1) is 9.51. The number of rotatable bonds is 2. The molecule has 0 radical (unpaired) electrons. The summed E-state index contributed by atoms with van der Waals surface area (Å²) in [6.07, 6.45) is 1.63. The molecule has 0 aliphatic rings. The van der Waals surface area contributed by atoms with Gasteiger partial charge in [-0.2, -0.15) is 4.98 Å². The van der Waals surface area contributed by atoms with Crippen LogP contribution in [0.15, 0.2) is 22.8 Å². The highest BCUT2D eigenvalue weighted by Gasteiger charge is 2.08. The van der Waals surface area contributed by atoms with Crippen LogP contribution in [0.5, 0.6) is 0 Å². The van der Waals surface area contributed by atoms with Crippen LogP contribution in [-0.4, -0.2) is 17.0 Å². The summed E-state index contributed by atoms with van der Waals surface area (Å²) in [4.78, 5) is 8.31. The molecule has 3 N–H and O–H groups in total. The lowest BCUT2D eigenvalue weighted by Gasteiger charge is -2.03. The van der Waals surface area contributed by atoms with Crippen molar-refractivity contribution >= 4 is 11.8 Å². The topological polar surface area (TPSA) is 77.0 Å². The van der Waals surface area contributed by atoms with Gasteiger partial charge in [0.25, 0.3) is 0 Å². The molecule has 5 heteroatoms. The lowest BCUT2D eigenvalue weighted by atomic mass is 10.2. The number of nitrogens with one attached hydrogen (secondary N) is 1. The third kappa shape index (κ3) is 1.76. The summed E-state index contributed by atoms with van der Waals surface area (Å²) in [7, 11) is 1.75. The van der Waals surface area contributed by atoms with Crippen LogP contribution >= 0.6 is 0 Å². The minimum atomic E-state index is 0.435. The number of furan rings is 1. The molecule has 2 heterocycles. The molecule has 0 aromatic carbocycles. The molecule has 0 atom stereocenters. The maximum atomic E-state index is 5.67. The summed E-state index contributed by atoms with van der Waals surface area (Å²) in [5.41, 5.74) is 7.36. The number of anilines is 2. The predicted octanol–water partition coefficient (Wildman–Crippen LogP) is 1.67. The fourth-order valence-electron chi connectivity index (χ4n) is 1.37. The molecule has 0 aliphatic carbocycles. The average Bonchev–Trinajstić information content (AvgIpc) is 2.63. The molecule has 0 fully saturated rings. The predicted molar refractivity (Wildman–Crippen MR) is 58.4 cm³/mol. The van der Waals surface area contributed by atoms with Gasteiger partial charge in [0.2, 0.25) is 5.95 Å². The molecule has 2 aromatic rings. The van der Waals surface area contributed by atoms with E-state index in [2.05, 4.69) is 15.3 Å². The van der Waals surface area contributed by atoms with Gasteiger partial charge < -0.3 is 15.5 Å². The van der Waals surface area contributed by atoms with Gasteiger partial charge in [-0.05, 0) is 13.0 Å². The molecular formula is C10H12N4O. The van der Waals surface area contributed by atoms with E-state index in [4.69, 9.17) is 10.2 Å². The second-order valence-electron chi connectivity index (χ2n) is 3.14. The van der Waals surface area contributed by atoms with Gasteiger partial charge in [0.15, 0.2) is 0 Å². The van der Waals surface area contributed by atoms with Gasteiger partial charge in [-0.25, -0.2) is 4.98 Å². The Hall–Kier alpha value is -2.04. The summed E-state index contributed by atoms with van der Waals surface area (Å²) in [5, 5.41) is 2.86. The zero-order valence-electron chi connectivity index (χ0n) is 8.61. The Morgan fingerprint density at radius 2 is 2.20 bits per heavy atom. The second kappa shape index (κ2) is 3.61. The summed E-state index contributed by atoms with van der Waals surface area (Å²) in [6.45, 7) is 1.88. The van der Waals surface area contributed by atoms with Gasteiger partial charge in [-0.3, -0.25) is 0 Å². The van der Waals surface area contributed by atoms with Gasteiger partial charge in [0.05, 0.1) is 12.0 Å². The van der Waals surface area contributed by atoms with Crippen LogP contribution in [-0.2, 0) is 0 Å². The normalized spacial score (nSPS) is 10.3. The van der Waals surface area contributed by atoms with E-state index in [0.717, 1.165) is 17.0 Å². The van der Waals surface area contributed by atoms with E-state index in [0.29, 0.717) is 11.8 Å². The molecule has 0 saturated heterocycles. The zero-order valence-corrected chi connectivity index (χ0v) is 8.61. The van der Waals surface area contributed by atoms with Crippen LogP contribution in [0.3, 0.4) is 0 Å². The van der Waals surface area contributed by atoms with E-state index in [1.807, 2.05) is 13.0 Å². The third-order valence-corrected chi connectivity index (χ3v) is 2.10. The lowest BCUT2D eigenvalue weighted by Crippen LogP contribution is -2.01. The third-order valence-electron chi connectivity index (χ3n) is 2.10. The van der Waals surface area contributed by atoms with Crippen molar-refractivity contribution in [2.45, 2.75) is 6.92 Å². The number of nitrogens with zero attached hydrogens (tertiary/aromatic N) is 2. The number of nitrogens with two attached hydrogens (primary N) is 1. The maximum Gasteiger partial charge on any atom is 0.224 e. The number of hydrogen-bond donors (Lipinski definition) is 2. The van der Waals surface area contributed by atoms with Crippen molar-refractivity contribution < 1.29 is 4.42 Å². The van der Waals surface area contributed by atoms with Crippen LogP contribution in [0.2, 0.25) is 0 Å². The van der Waals surface area contributed by atoms with Crippen LogP contribution in [0.25, 0.3) is 11.3 Å². The first-order valence-electron chi connectivity index (χ1n) is 4.57. The van der Waals surface area contributed by atoms with E-state index < -0.39 is 0 Å². The first-order valence-corrected chi connectivity index (χ1v) is 4.57. The molecular weight excluding hydrogens is 192 g/mol. The first-order chi connectivity index (χ1) is 7.20. The molecule has 0 spiro atoms. The monoisotopic (exact) mass is 204 g/mol. The van der Waals surface area contributed by atoms with Crippen molar-refractivity contribution in [2.75, 3.05) is 18.1 Å². The minimum Gasteiger partial charge on any atom is -0.469 e. The number of nitrogen functional groups attached to an aromatic ring is 1. The number of aryl methyl sites for hydroxylation is 1. The minimum absolute atomic E-state index is 0.435. The highest BCUT2D eigenvalue weighted by molar-refractivity contribution is 5.65. The Morgan fingerprint density at radius 3 is 2.80 bits per heavy atom. The SMILES string of the molecule is CNc1nc(N)cc(-c2ccoc2C)n1. The molecule has 2 aromatic heterocycles. The zero-order chi connectivity index (χ0) is 10.8. The number of hydrogen-bond acceptors (Lipinski definition) is 5. The van der Waals surface area contributed by atoms with Crippen molar-refractivity contribution in [2.24, 2.45) is 0 Å². The quantitative estimate of drug-likeness (QED) is 0.778. The van der Waals surface area contributed by atoms with E-state index in [9.17, 15) is 0 Å². The Balaban J connectivity index is 2.53. The molecule has 5 nitrogen and oxygen atoms in total. The molecule has 0 bridgehead atoms. The van der Waals surface area contributed by atoms with E-state index >= 15 is 0 Å². The fraction of sp³-hybridized carbons (Fsp3) is 0.200. The Kier molecular flexibility index (Phi) is 2.29.